The van der Waals surface area contributed by atoms with Gasteiger partial charge in [-0.05, 0) is 62.0 Å². The number of allylic oxidation sites excluding steroid dienone is 2. The van der Waals surface area contributed by atoms with Crippen LogP contribution in [-0.4, -0.2) is 41.8 Å². The number of hydrogen-bond donors (Lipinski definition) is 0. The van der Waals surface area contributed by atoms with Crippen LogP contribution in [0.5, 0.6) is 5.75 Å². The smallest absolute Gasteiger partial charge is 0.258 e. The molecule has 3 aromatic rings. The monoisotopic (exact) mass is 413 g/mol. The fraction of sp³-hybridized carbons (Fsp3) is 0.346. The number of nitrogens with zero attached hydrogens (tertiary/aromatic N) is 3. The third-order valence-electron chi connectivity index (χ3n) is 7.13. The Morgan fingerprint density at radius 1 is 1.13 bits per heavy atom. The van der Waals surface area contributed by atoms with Gasteiger partial charge in [-0.2, -0.15) is 0 Å². The molecule has 1 atom stereocenters. The van der Waals surface area contributed by atoms with E-state index >= 15 is 0 Å². The number of anilines is 1. The highest BCUT2D eigenvalue weighted by Crippen LogP contribution is 2.49. The Balaban J connectivity index is 1.64. The largest absolute Gasteiger partial charge is 0.487 e. The maximum atomic E-state index is 13.2. The molecule has 0 unspecified atom stereocenters. The highest BCUT2D eigenvalue weighted by atomic mass is 16.5. The van der Waals surface area contributed by atoms with Crippen molar-refractivity contribution in [1.29, 1.82) is 0 Å². The van der Waals surface area contributed by atoms with E-state index in [2.05, 4.69) is 35.4 Å². The number of hydrogen-bond acceptors (Lipinski definition) is 4. The van der Waals surface area contributed by atoms with Crippen molar-refractivity contribution in [3.63, 3.8) is 0 Å². The van der Waals surface area contributed by atoms with E-state index in [9.17, 15) is 4.79 Å². The van der Waals surface area contributed by atoms with Gasteiger partial charge in [0.05, 0.1) is 17.2 Å². The van der Waals surface area contributed by atoms with E-state index in [0.29, 0.717) is 6.61 Å². The lowest BCUT2D eigenvalue weighted by molar-refractivity contribution is 0.222. The van der Waals surface area contributed by atoms with Crippen LogP contribution in [0.2, 0.25) is 0 Å². The van der Waals surface area contributed by atoms with Crippen LogP contribution < -0.4 is 15.2 Å². The molecule has 2 aromatic carbocycles. The summed E-state index contributed by atoms with van der Waals surface area (Å²) in [7, 11) is 1.85. The van der Waals surface area contributed by atoms with Crippen molar-refractivity contribution in [2.45, 2.75) is 25.8 Å². The first-order chi connectivity index (χ1) is 15.0. The molecular weight excluding hydrogens is 386 g/mol. The van der Waals surface area contributed by atoms with Crippen molar-refractivity contribution in [2.75, 3.05) is 31.1 Å². The molecule has 0 spiro atoms. The minimum Gasteiger partial charge on any atom is -0.487 e. The molecule has 0 N–H and O–H groups in total. The van der Waals surface area contributed by atoms with Gasteiger partial charge in [0, 0.05) is 35.6 Å². The van der Waals surface area contributed by atoms with Gasteiger partial charge in [-0.3, -0.25) is 4.79 Å². The van der Waals surface area contributed by atoms with Crippen LogP contribution in [0.3, 0.4) is 0 Å². The molecule has 6 rings (SSSR count). The molecule has 1 aromatic heterocycles. The Kier molecular flexibility index (Phi) is 4.06. The first-order valence-corrected chi connectivity index (χ1v) is 11.1. The molecule has 0 bridgehead atoms. The third-order valence-corrected chi connectivity index (χ3v) is 7.13. The van der Waals surface area contributed by atoms with E-state index in [1.54, 1.807) is 4.57 Å². The molecule has 31 heavy (non-hydrogen) atoms. The van der Waals surface area contributed by atoms with Gasteiger partial charge in [-0.1, -0.05) is 24.8 Å². The molecule has 3 aliphatic rings. The zero-order valence-corrected chi connectivity index (χ0v) is 18.1. The van der Waals surface area contributed by atoms with Crippen molar-refractivity contribution in [3.05, 3.63) is 64.6 Å². The molecule has 0 amide bonds. The number of aromatic nitrogens is 1. The summed E-state index contributed by atoms with van der Waals surface area (Å²) in [4.78, 5) is 18.0. The van der Waals surface area contributed by atoms with Crippen LogP contribution in [0.15, 0.2) is 53.5 Å². The minimum atomic E-state index is 0.00976. The minimum absolute atomic E-state index is 0.00976. The number of benzene rings is 2. The molecular formula is C26H27N3O2. The fourth-order valence-corrected chi connectivity index (χ4v) is 5.65. The summed E-state index contributed by atoms with van der Waals surface area (Å²) in [5, 5.41) is 2.78. The van der Waals surface area contributed by atoms with E-state index in [0.717, 1.165) is 58.4 Å². The third kappa shape index (κ3) is 2.62. The van der Waals surface area contributed by atoms with Gasteiger partial charge in [0.15, 0.2) is 5.75 Å². The molecule has 1 fully saturated rings. The van der Waals surface area contributed by atoms with Gasteiger partial charge in [0.2, 0.25) is 0 Å². The summed E-state index contributed by atoms with van der Waals surface area (Å²) in [5.41, 5.74) is 5.31. The Labute approximate surface area is 181 Å². The molecule has 3 aliphatic heterocycles. The lowest BCUT2D eigenvalue weighted by atomic mass is 9.92. The van der Waals surface area contributed by atoms with E-state index in [4.69, 9.17) is 4.74 Å². The number of ether oxygens (including phenoxy) is 1. The first-order valence-electron chi connectivity index (χ1n) is 11.1. The zero-order chi connectivity index (χ0) is 21.3. The summed E-state index contributed by atoms with van der Waals surface area (Å²) in [6.07, 6.45) is 4.73. The maximum absolute atomic E-state index is 13.2. The fourth-order valence-electron chi connectivity index (χ4n) is 5.65. The van der Waals surface area contributed by atoms with E-state index in [1.165, 1.54) is 24.0 Å². The number of likely N-dealkylation sites (tertiary alicyclic amines) is 1. The molecule has 0 saturated carbocycles. The van der Waals surface area contributed by atoms with Gasteiger partial charge in [-0.15, -0.1) is 0 Å². The van der Waals surface area contributed by atoms with Crippen molar-refractivity contribution >= 4 is 32.9 Å². The predicted molar refractivity (Wildman–Crippen MR) is 127 cm³/mol. The summed E-state index contributed by atoms with van der Waals surface area (Å²) in [6, 6.07) is 10.3. The van der Waals surface area contributed by atoms with Crippen LogP contribution in [-0.2, 0) is 7.05 Å². The average Bonchev–Trinajstić information content (AvgIpc) is 3.28. The van der Waals surface area contributed by atoms with Crippen molar-refractivity contribution < 1.29 is 4.74 Å². The molecule has 4 heterocycles. The van der Waals surface area contributed by atoms with Gasteiger partial charge < -0.3 is 19.1 Å². The maximum Gasteiger partial charge on any atom is 0.258 e. The second-order valence-electron chi connectivity index (χ2n) is 9.07. The summed E-state index contributed by atoms with van der Waals surface area (Å²) in [5.74, 6) is 0.809. The lowest BCUT2D eigenvalue weighted by Crippen LogP contribution is -2.49. The van der Waals surface area contributed by atoms with Gasteiger partial charge in [0.25, 0.3) is 5.56 Å². The van der Waals surface area contributed by atoms with Crippen LogP contribution in [0, 0.1) is 0 Å². The second kappa shape index (κ2) is 6.72. The second-order valence-corrected chi connectivity index (χ2v) is 9.07. The van der Waals surface area contributed by atoms with E-state index < -0.39 is 0 Å². The Morgan fingerprint density at radius 3 is 2.65 bits per heavy atom. The molecule has 5 nitrogen and oxygen atoms in total. The molecule has 5 heteroatoms. The van der Waals surface area contributed by atoms with Crippen LogP contribution >= 0.6 is 0 Å². The van der Waals surface area contributed by atoms with Gasteiger partial charge >= 0.3 is 0 Å². The first kappa shape index (κ1) is 18.7. The SMILES string of the molecule is C=C1C=C(C)c2cc3c4ccccc4c(=O)n(C)c3c3c2N1[C@@H](CN1CCCC1)CO3. The number of aryl methyl sites for hydroxylation is 1. The zero-order valence-electron chi connectivity index (χ0n) is 18.1. The molecule has 0 radical (unpaired) electrons. The highest BCUT2D eigenvalue weighted by Gasteiger charge is 2.37. The van der Waals surface area contributed by atoms with Crippen molar-refractivity contribution in [3.8, 4) is 5.75 Å². The van der Waals surface area contributed by atoms with Crippen LogP contribution in [0.4, 0.5) is 5.69 Å². The molecule has 0 aliphatic carbocycles. The topological polar surface area (TPSA) is 37.7 Å². The van der Waals surface area contributed by atoms with E-state index in [-0.39, 0.29) is 11.6 Å². The van der Waals surface area contributed by atoms with Crippen LogP contribution in [0.25, 0.3) is 27.2 Å². The van der Waals surface area contributed by atoms with E-state index in [1.807, 2.05) is 31.3 Å². The summed E-state index contributed by atoms with van der Waals surface area (Å²) >= 11 is 0. The number of fused-ring (bicyclic) bond motifs is 4. The van der Waals surface area contributed by atoms with Gasteiger partial charge in [0.1, 0.15) is 6.61 Å². The Hall–Kier alpha value is -3.05. The Morgan fingerprint density at radius 2 is 1.87 bits per heavy atom. The number of rotatable bonds is 2. The normalized spacial score (nSPS) is 20.8. The Bertz CT molecular complexity index is 1340. The summed E-state index contributed by atoms with van der Waals surface area (Å²) < 4.78 is 8.24. The average molecular weight is 414 g/mol. The van der Waals surface area contributed by atoms with Gasteiger partial charge in [-0.25, -0.2) is 0 Å². The molecule has 158 valence electrons. The summed E-state index contributed by atoms with van der Waals surface area (Å²) in [6.45, 7) is 10.4. The van der Waals surface area contributed by atoms with Crippen molar-refractivity contribution in [2.24, 2.45) is 7.05 Å². The lowest BCUT2D eigenvalue weighted by Gasteiger charge is -2.44. The highest BCUT2D eigenvalue weighted by molar-refractivity contribution is 6.12. The van der Waals surface area contributed by atoms with Crippen LogP contribution in [0.1, 0.15) is 25.3 Å². The standard InChI is InChI=1S/C26H27N3O2/c1-16-12-17(2)29-18(14-28-10-6-7-11-28)15-31-25-23-22(13-21(16)24(25)29)19-8-4-5-9-20(19)26(30)27(23)3/h4-5,8-9,12-13,18H,2,6-7,10-11,14-15H2,1,3H3/t18-/m0/s1. The number of pyridine rings is 1. The van der Waals surface area contributed by atoms with Crippen molar-refractivity contribution in [1.82, 2.24) is 9.47 Å². The predicted octanol–water partition coefficient (Wildman–Crippen LogP) is 4.29. The molecule has 1 saturated heterocycles. The quantitative estimate of drug-likeness (QED) is 0.588.